The summed E-state index contributed by atoms with van der Waals surface area (Å²) in [5, 5.41) is 3.77. The van der Waals surface area contributed by atoms with E-state index in [1.54, 1.807) is 0 Å². The van der Waals surface area contributed by atoms with Crippen molar-refractivity contribution in [3.8, 4) is 0 Å². The first-order chi connectivity index (χ1) is 9.40. The third kappa shape index (κ3) is 4.94. The van der Waals surface area contributed by atoms with Crippen LogP contribution in [-0.4, -0.2) is 11.8 Å². The maximum absolute atomic E-state index is 3.80. The summed E-state index contributed by atoms with van der Waals surface area (Å²) in [5.74, 6) is 0.976. The molecule has 0 aromatic heterocycles. The lowest BCUT2D eigenvalue weighted by Crippen LogP contribution is -2.20. The molecule has 2 rings (SSSR count). The monoisotopic (exact) mass is 275 g/mol. The van der Waals surface area contributed by atoms with E-state index in [4.69, 9.17) is 0 Å². The van der Waals surface area contributed by atoms with Crippen LogP contribution >= 0.6 is 11.8 Å². The summed E-state index contributed by atoms with van der Waals surface area (Å²) in [6.45, 7) is 3.80. The third-order valence-corrected chi connectivity index (χ3v) is 4.78. The van der Waals surface area contributed by atoms with Gasteiger partial charge in [-0.05, 0) is 25.0 Å². The van der Waals surface area contributed by atoms with E-state index in [2.05, 4.69) is 36.2 Å². The quantitative estimate of drug-likeness (QED) is 0.563. The van der Waals surface area contributed by atoms with Gasteiger partial charge in [-0.2, -0.15) is 0 Å². The molecule has 1 N–H and O–H groups in total. The summed E-state index contributed by atoms with van der Waals surface area (Å²) in [7, 11) is 0. The van der Waals surface area contributed by atoms with Gasteiger partial charge in [0.15, 0.2) is 0 Å². The van der Waals surface area contributed by atoms with Gasteiger partial charge in [-0.1, -0.05) is 50.3 Å². The highest BCUT2D eigenvalue weighted by atomic mass is 32.2. The summed E-state index contributed by atoms with van der Waals surface area (Å²) >= 11 is 1.86. The van der Waals surface area contributed by atoms with E-state index in [1.165, 1.54) is 55.5 Å². The van der Waals surface area contributed by atoms with E-state index >= 15 is 0 Å². The van der Waals surface area contributed by atoms with Gasteiger partial charge < -0.3 is 5.32 Å². The molecular formula is C17H25NS. The van der Waals surface area contributed by atoms with Crippen molar-refractivity contribution in [3.63, 3.8) is 0 Å². The van der Waals surface area contributed by atoms with Crippen LogP contribution in [0.1, 0.15) is 44.9 Å². The van der Waals surface area contributed by atoms with Crippen molar-refractivity contribution in [1.29, 1.82) is 0 Å². The molecule has 1 fully saturated rings. The van der Waals surface area contributed by atoms with E-state index in [-0.39, 0.29) is 0 Å². The molecule has 1 saturated carbocycles. The van der Waals surface area contributed by atoms with Gasteiger partial charge in [0.2, 0.25) is 0 Å². The van der Waals surface area contributed by atoms with Crippen molar-refractivity contribution in [1.82, 2.24) is 0 Å². The molecule has 1 aromatic rings. The highest BCUT2D eigenvalue weighted by molar-refractivity contribution is 7.99. The predicted molar refractivity (Wildman–Crippen MR) is 87.1 cm³/mol. The van der Waals surface area contributed by atoms with Crippen LogP contribution in [0.2, 0.25) is 0 Å². The number of para-hydroxylation sites is 1. The number of nitrogens with one attached hydrogen (secondary N) is 1. The molecule has 0 heterocycles. The molecule has 0 saturated heterocycles. The first-order valence-electron chi connectivity index (χ1n) is 7.49. The van der Waals surface area contributed by atoms with Crippen molar-refractivity contribution in [2.24, 2.45) is 0 Å². The van der Waals surface area contributed by atoms with E-state index < -0.39 is 0 Å². The van der Waals surface area contributed by atoms with Crippen LogP contribution in [0.3, 0.4) is 0 Å². The average molecular weight is 275 g/mol. The number of rotatable bonds is 5. The Morgan fingerprint density at radius 3 is 2.53 bits per heavy atom. The van der Waals surface area contributed by atoms with Crippen LogP contribution < -0.4 is 5.32 Å². The first-order valence-corrected chi connectivity index (χ1v) is 8.48. The smallest absolute Gasteiger partial charge is 0.0480 e. The molecule has 0 amide bonds. The maximum Gasteiger partial charge on any atom is 0.0480 e. The number of benzene rings is 1. The number of hydrogen-bond acceptors (Lipinski definition) is 2. The Bertz CT molecular complexity index is 381. The van der Waals surface area contributed by atoms with Crippen molar-refractivity contribution in [2.75, 3.05) is 11.1 Å². The second-order valence-corrected chi connectivity index (χ2v) is 6.34. The van der Waals surface area contributed by atoms with Crippen LogP contribution in [0, 0.1) is 0 Å². The highest BCUT2D eigenvalue weighted by Gasteiger charge is 2.12. The lowest BCUT2D eigenvalue weighted by atomic mass is 9.96. The predicted octanol–water partition coefficient (Wildman–Crippen LogP) is 5.49. The molecule has 1 aliphatic carbocycles. The van der Waals surface area contributed by atoms with Crippen LogP contribution in [0.4, 0.5) is 5.69 Å². The minimum absolute atomic E-state index is 0.658. The summed E-state index contributed by atoms with van der Waals surface area (Å²) in [6, 6.07) is 9.33. The molecular weight excluding hydrogens is 250 g/mol. The molecule has 1 aliphatic rings. The van der Waals surface area contributed by atoms with Gasteiger partial charge in [0.25, 0.3) is 0 Å². The number of thioether (sulfide) groups is 1. The Balaban J connectivity index is 1.97. The Morgan fingerprint density at radius 1 is 1.11 bits per heavy atom. The summed E-state index contributed by atoms with van der Waals surface area (Å²) in [4.78, 5) is 1.35. The molecule has 0 bridgehead atoms. The first kappa shape index (κ1) is 14.5. The lowest BCUT2D eigenvalue weighted by Gasteiger charge is -2.23. The van der Waals surface area contributed by atoms with E-state index in [9.17, 15) is 0 Å². The highest BCUT2D eigenvalue weighted by Crippen LogP contribution is 2.29. The van der Waals surface area contributed by atoms with Gasteiger partial charge >= 0.3 is 0 Å². The van der Waals surface area contributed by atoms with E-state index in [1.807, 2.05) is 17.8 Å². The second kappa shape index (κ2) is 8.31. The molecule has 1 aromatic carbocycles. The molecule has 0 unspecified atom stereocenters. The third-order valence-electron chi connectivity index (χ3n) is 3.71. The summed E-state index contributed by atoms with van der Waals surface area (Å²) in [5.41, 5.74) is 1.31. The molecule has 19 heavy (non-hydrogen) atoms. The molecule has 1 nitrogen and oxygen atoms in total. The fourth-order valence-corrected chi connectivity index (χ4v) is 3.44. The Morgan fingerprint density at radius 2 is 1.79 bits per heavy atom. The summed E-state index contributed by atoms with van der Waals surface area (Å²) < 4.78 is 0. The van der Waals surface area contributed by atoms with Gasteiger partial charge in [-0.3, -0.25) is 0 Å². The van der Waals surface area contributed by atoms with Gasteiger partial charge in [-0.15, -0.1) is 18.3 Å². The molecule has 0 aliphatic heterocycles. The maximum atomic E-state index is 3.80. The average Bonchev–Trinajstić information content (AvgIpc) is 2.40. The SMILES string of the molecule is C=CCSc1ccccc1NC1CCCCCCC1. The van der Waals surface area contributed by atoms with Crippen molar-refractivity contribution >= 4 is 17.4 Å². The Kier molecular flexibility index (Phi) is 6.35. The number of hydrogen-bond donors (Lipinski definition) is 1. The fraction of sp³-hybridized carbons (Fsp3) is 0.529. The van der Waals surface area contributed by atoms with Gasteiger partial charge in [0, 0.05) is 22.4 Å². The van der Waals surface area contributed by atoms with Crippen LogP contribution in [0.25, 0.3) is 0 Å². The minimum atomic E-state index is 0.658. The molecule has 0 atom stereocenters. The van der Waals surface area contributed by atoms with Gasteiger partial charge in [0.1, 0.15) is 0 Å². The topological polar surface area (TPSA) is 12.0 Å². The molecule has 2 heteroatoms. The standard InChI is InChI=1S/C17H25NS/c1-2-14-19-17-13-9-8-12-16(17)18-15-10-6-4-3-5-7-11-15/h2,8-9,12-13,15,18H,1,3-7,10-11,14H2. The lowest BCUT2D eigenvalue weighted by molar-refractivity contribution is 0.471. The summed E-state index contributed by atoms with van der Waals surface area (Å²) in [6.07, 6.45) is 11.6. The number of anilines is 1. The molecule has 0 radical (unpaired) electrons. The zero-order valence-corrected chi connectivity index (χ0v) is 12.6. The van der Waals surface area contributed by atoms with Crippen LogP contribution in [-0.2, 0) is 0 Å². The van der Waals surface area contributed by atoms with Crippen molar-refractivity contribution in [2.45, 2.75) is 55.9 Å². The van der Waals surface area contributed by atoms with Crippen molar-refractivity contribution < 1.29 is 0 Å². The van der Waals surface area contributed by atoms with E-state index in [0.29, 0.717) is 6.04 Å². The molecule has 0 spiro atoms. The molecule has 104 valence electrons. The van der Waals surface area contributed by atoms with Gasteiger partial charge in [0.05, 0.1) is 0 Å². The van der Waals surface area contributed by atoms with Crippen molar-refractivity contribution in [3.05, 3.63) is 36.9 Å². The zero-order chi connectivity index (χ0) is 13.3. The normalized spacial score (nSPS) is 17.5. The fourth-order valence-electron chi connectivity index (χ4n) is 2.68. The zero-order valence-electron chi connectivity index (χ0n) is 11.7. The minimum Gasteiger partial charge on any atom is -0.381 e. The largest absolute Gasteiger partial charge is 0.381 e. The van der Waals surface area contributed by atoms with Crippen LogP contribution in [0.5, 0.6) is 0 Å². The van der Waals surface area contributed by atoms with Gasteiger partial charge in [-0.25, -0.2) is 0 Å². The van der Waals surface area contributed by atoms with E-state index in [0.717, 1.165) is 5.75 Å². The Labute approximate surface area is 121 Å². The Hall–Kier alpha value is -0.890. The van der Waals surface area contributed by atoms with Crippen LogP contribution in [0.15, 0.2) is 41.8 Å². The second-order valence-electron chi connectivity index (χ2n) is 5.28.